The van der Waals surface area contributed by atoms with Crippen LogP contribution in [0.4, 0.5) is 11.6 Å². The van der Waals surface area contributed by atoms with E-state index in [-0.39, 0.29) is 11.9 Å². The number of carbonyl (C=O) groups excluding carboxylic acids is 1. The number of nitrogens with one attached hydrogen (secondary N) is 2. The summed E-state index contributed by atoms with van der Waals surface area (Å²) in [4.78, 5) is 13.4. The molecule has 2 aromatic rings. The Morgan fingerprint density at radius 3 is 2.89 bits per heavy atom. The van der Waals surface area contributed by atoms with Gasteiger partial charge in [0.05, 0.1) is 12.6 Å². The number of hydrogen-bond acceptors (Lipinski definition) is 5. The third kappa shape index (κ3) is 3.19. The predicted molar refractivity (Wildman–Crippen MR) is 72.4 cm³/mol. The van der Waals surface area contributed by atoms with Crippen LogP contribution in [0.5, 0.6) is 0 Å². The minimum Gasteiger partial charge on any atom is -0.385 e. The molecule has 0 atom stereocenters. The average molecular weight is 281 g/mol. The molecular weight excluding hydrogens is 268 g/mol. The van der Waals surface area contributed by atoms with Gasteiger partial charge in [0.25, 0.3) is 11.9 Å². The Labute approximate surface area is 114 Å². The van der Waals surface area contributed by atoms with Gasteiger partial charge in [0.1, 0.15) is 0 Å². The normalized spacial score (nSPS) is 10.3. The smallest absolute Gasteiger partial charge is 0.270 e. The summed E-state index contributed by atoms with van der Waals surface area (Å²) in [6, 6.07) is 5.06. The molecule has 7 nitrogen and oxygen atoms in total. The van der Waals surface area contributed by atoms with Crippen LogP contribution in [0.3, 0.4) is 0 Å². The maximum absolute atomic E-state index is 12.1. The lowest BCUT2D eigenvalue weighted by Crippen LogP contribution is -2.16. The lowest BCUT2D eigenvalue weighted by atomic mass is 10.1. The number of aryl methyl sites for hydroxylation is 1. The summed E-state index contributed by atoms with van der Waals surface area (Å²) in [5.74, 6) is -0.193. The van der Waals surface area contributed by atoms with E-state index in [4.69, 9.17) is 11.6 Å². The average Bonchev–Trinajstić information content (AvgIpc) is 2.77. The van der Waals surface area contributed by atoms with Gasteiger partial charge in [0, 0.05) is 17.3 Å². The molecular formula is C11H13ClN6O. The molecule has 0 saturated heterocycles. The van der Waals surface area contributed by atoms with E-state index in [9.17, 15) is 4.79 Å². The van der Waals surface area contributed by atoms with Crippen molar-refractivity contribution in [2.24, 2.45) is 7.05 Å². The van der Waals surface area contributed by atoms with E-state index in [1.165, 1.54) is 4.80 Å². The monoisotopic (exact) mass is 280 g/mol. The highest BCUT2D eigenvalue weighted by Gasteiger charge is 2.14. The van der Waals surface area contributed by atoms with E-state index in [1.54, 1.807) is 25.2 Å². The van der Waals surface area contributed by atoms with Crippen LogP contribution in [0.1, 0.15) is 17.3 Å². The van der Waals surface area contributed by atoms with Crippen molar-refractivity contribution in [1.29, 1.82) is 0 Å². The van der Waals surface area contributed by atoms with E-state index in [1.807, 2.05) is 6.92 Å². The van der Waals surface area contributed by atoms with Crippen LogP contribution in [0.15, 0.2) is 18.2 Å². The molecule has 0 unspecified atom stereocenters. The molecule has 100 valence electrons. The first kappa shape index (κ1) is 13.3. The maximum atomic E-state index is 12.1. The van der Waals surface area contributed by atoms with Crippen molar-refractivity contribution in [3.05, 3.63) is 28.8 Å². The van der Waals surface area contributed by atoms with Gasteiger partial charge in [-0.25, -0.2) is 0 Å². The number of benzene rings is 1. The highest BCUT2D eigenvalue weighted by atomic mass is 35.5. The van der Waals surface area contributed by atoms with Gasteiger partial charge >= 0.3 is 0 Å². The number of carbonyl (C=O) groups is 1. The summed E-state index contributed by atoms with van der Waals surface area (Å²) in [5, 5.41) is 17.4. The fourth-order valence-corrected chi connectivity index (χ4v) is 1.72. The van der Waals surface area contributed by atoms with Crippen molar-refractivity contribution >= 4 is 29.1 Å². The standard InChI is InChI=1S/C11H13ClN6O/c1-3-13-9-5-4-7(12)6-8(9)10(19)14-11-15-17-18(2)16-11/h4-6,13H,3H2,1-2H3,(H,14,16,19). The van der Waals surface area contributed by atoms with E-state index < -0.39 is 0 Å². The zero-order chi connectivity index (χ0) is 13.8. The van der Waals surface area contributed by atoms with Gasteiger partial charge in [-0.05, 0) is 30.3 Å². The molecule has 0 fully saturated rings. The number of rotatable bonds is 4. The zero-order valence-corrected chi connectivity index (χ0v) is 11.3. The number of halogens is 1. The lowest BCUT2D eigenvalue weighted by molar-refractivity contribution is 0.102. The molecule has 0 aliphatic rings. The van der Waals surface area contributed by atoms with Crippen molar-refractivity contribution in [1.82, 2.24) is 20.2 Å². The summed E-state index contributed by atoms with van der Waals surface area (Å²) in [7, 11) is 1.62. The van der Waals surface area contributed by atoms with E-state index in [0.29, 0.717) is 22.8 Å². The molecule has 0 bridgehead atoms. The van der Waals surface area contributed by atoms with Gasteiger partial charge in [-0.2, -0.15) is 4.80 Å². The van der Waals surface area contributed by atoms with Crippen LogP contribution in [-0.4, -0.2) is 32.7 Å². The molecule has 1 aromatic carbocycles. The Kier molecular flexibility index (Phi) is 3.96. The summed E-state index contributed by atoms with van der Waals surface area (Å²) in [6.45, 7) is 2.64. The van der Waals surface area contributed by atoms with Gasteiger partial charge in [-0.1, -0.05) is 16.7 Å². The first-order valence-corrected chi connectivity index (χ1v) is 6.06. The second kappa shape index (κ2) is 5.66. The first-order chi connectivity index (χ1) is 9.10. The van der Waals surface area contributed by atoms with Crippen LogP contribution in [-0.2, 0) is 7.05 Å². The molecule has 0 aliphatic carbocycles. The third-order valence-corrected chi connectivity index (χ3v) is 2.56. The van der Waals surface area contributed by atoms with Crippen molar-refractivity contribution in [3.63, 3.8) is 0 Å². The summed E-state index contributed by atoms with van der Waals surface area (Å²) >= 11 is 5.91. The number of tetrazole rings is 1. The Balaban J connectivity index is 2.24. The molecule has 2 N–H and O–H groups in total. The van der Waals surface area contributed by atoms with E-state index >= 15 is 0 Å². The maximum Gasteiger partial charge on any atom is 0.270 e. The molecule has 1 heterocycles. The molecule has 8 heteroatoms. The minimum atomic E-state index is -0.341. The largest absolute Gasteiger partial charge is 0.385 e. The van der Waals surface area contributed by atoms with E-state index in [2.05, 4.69) is 26.0 Å². The van der Waals surface area contributed by atoms with Crippen molar-refractivity contribution < 1.29 is 4.79 Å². The Hall–Kier alpha value is -2.15. The molecule has 2 rings (SSSR count). The molecule has 1 aromatic heterocycles. The van der Waals surface area contributed by atoms with Crippen LogP contribution in [0, 0.1) is 0 Å². The van der Waals surface area contributed by atoms with Crippen LogP contribution in [0.25, 0.3) is 0 Å². The van der Waals surface area contributed by atoms with Crippen molar-refractivity contribution in [2.75, 3.05) is 17.2 Å². The number of anilines is 2. The highest BCUT2D eigenvalue weighted by Crippen LogP contribution is 2.21. The molecule has 0 radical (unpaired) electrons. The number of amides is 1. The van der Waals surface area contributed by atoms with Gasteiger partial charge in [-0.3, -0.25) is 10.1 Å². The fourth-order valence-electron chi connectivity index (χ4n) is 1.55. The van der Waals surface area contributed by atoms with Gasteiger partial charge in [0.15, 0.2) is 0 Å². The van der Waals surface area contributed by atoms with Gasteiger partial charge in [-0.15, -0.1) is 5.10 Å². The molecule has 19 heavy (non-hydrogen) atoms. The van der Waals surface area contributed by atoms with Crippen LogP contribution < -0.4 is 10.6 Å². The molecule has 0 aliphatic heterocycles. The highest BCUT2D eigenvalue weighted by molar-refractivity contribution is 6.31. The Morgan fingerprint density at radius 2 is 2.26 bits per heavy atom. The van der Waals surface area contributed by atoms with Gasteiger partial charge < -0.3 is 5.32 Å². The zero-order valence-electron chi connectivity index (χ0n) is 10.5. The number of hydrogen-bond donors (Lipinski definition) is 2. The first-order valence-electron chi connectivity index (χ1n) is 5.69. The van der Waals surface area contributed by atoms with Crippen LogP contribution in [0.2, 0.25) is 5.02 Å². The van der Waals surface area contributed by atoms with Crippen molar-refractivity contribution in [2.45, 2.75) is 6.92 Å². The number of nitrogens with zero attached hydrogens (tertiary/aromatic N) is 4. The fraction of sp³-hybridized carbons (Fsp3) is 0.273. The minimum absolute atomic E-state index is 0.148. The SMILES string of the molecule is CCNc1ccc(Cl)cc1C(=O)Nc1nnn(C)n1. The molecule has 1 amide bonds. The molecule has 0 spiro atoms. The summed E-state index contributed by atoms with van der Waals surface area (Å²) < 4.78 is 0. The Bertz CT molecular complexity index is 597. The lowest BCUT2D eigenvalue weighted by Gasteiger charge is -2.10. The topological polar surface area (TPSA) is 84.7 Å². The second-order valence-electron chi connectivity index (χ2n) is 3.78. The predicted octanol–water partition coefficient (Wildman–Crippen LogP) is 1.55. The quantitative estimate of drug-likeness (QED) is 0.887. The second-order valence-corrected chi connectivity index (χ2v) is 4.21. The third-order valence-electron chi connectivity index (χ3n) is 2.33. The Morgan fingerprint density at radius 1 is 1.47 bits per heavy atom. The molecule has 0 saturated carbocycles. The summed E-state index contributed by atoms with van der Waals surface area (Å²) in [6.07, 6.45) is 0. The van der Waals surface area contributed by atoms with Gasteiger partial charge in [0.2, 0.25) is 0 Å². The van der Waals surface area contributed by atoms with Crippen molar-refractivity contribution in [3.8, 4) is 0 Å². The van der Waals surface area contributed by atoms with E-state index in [0.717, 1.165) is 0 Å². The summed E-state index contributed by atoms with van der Waals surface area (Å²) in [5.41, 5.74) is 1.13. The van der Waals surface area contributed by atoms with Crippen LogP contribution >= 0.6 is 11.6 Å². The number of aromatic nitrogens is 4.